The third-order valence-corrected chi connectivity index (χ3v) is 8.09. The number of ketones is 1. The van der Waals surface area contributed by atoms with Gasteiger partial charge < -0.3 is 14.3 Å². The Morgan fingerprint density at radius 3 is 2.24 bits per heavy atom. The Hall–Kier alpha value is -3.71. The van der Waals surface area contributed by atoms with Crippen molar-refractivity contribution in [2.45, 2.75) is 90.7 Å². The van der Waals surface area contributed by atoms with Crippen molar-refractivity contribution in [3.05, 3.63) is 83.3 Å². The highest BCUT2D eigenvalue weighted by molar-refractivity contribution is 6.12. The number of aryl methyl sites for hydroxylation is 2. The van der Waals surface area contributed by atoms with E-state index in [4.69, 9.17) is 14.3 Å². The maximum atomic E-state index is 13.6. The van der Waals surface area contributed by atoms with Gasteiger partial charge in [0.25, 0.3) is 0 Å². The molecule has 0 radical (unpaired) electrons. The number of Topliss-reactive ketones (excluding diaryl/α,β-unsaturated/α-hetero) is 1. The van der Waals surface area contributed by atoms with Gasteiger partial charge in [0.05, 0.1) is 6.04 Å². The highest BCUT2D eigenvalue weighted by atomic mass is 16.6. The molecule has 4 rings (SSSR count). The Balaban J connectivity index is 1.45. The molecule has 42 heavy (non-hydrogen) atoms. The first-order chi connectivity index (χ1) is 20.3. The third kappa shape index (κ3) is 7.57. The summed E-state index contributed by atoms with van der Waals surface area (Å²) in [5.41, 5.74) is 3.74. The summed E-state index contributed by atoms with van der Waals surface area (Å²) in [5, 5.41) is 8.91. The smallest absolute Gasteiger partial charge is 0.417 e. The van der Waals surface area contributed by atoms with Gasteiger partial charge in [0, 0.05) is 18.6 Å². The molecule has 0 unspecified atom stereocenters. The van der Waals surface area contributed by atoms with Crippen LogP contribution in [0.5, 0.6) is 0 Å². The van der Waals surface area contributed by atoms with Gasteiger partial charge >= 0.3 is 6.09 Å². The molecule has 0 spiro atoms. The fourth-order valence-electron chi connectivity index (χ4n) is 5.63. The van der Waals surface area contributed by atoms with Crippen LogP contribution in [-0.2, 0) is 16.0 Å². The molecule has 3 aromatic rings. The predicted molar refractivity (Wildman–Crippen MR) is 162 cm³/mol. The first-order valence-electron chi connectivity index (χ1n) is 15.2. The van der Waals surface area contributed by atoms with Gasteiger partial charge in [-0.05, 0) is 50.8 Å². The van der Waals surface area contributed by atoms with Crippen LogP contribution in [0, 0.1) is 12.8 Å². The zero-order valence-electron chi connectivity index (χ0n) is 25.0. The van der Waals surface area contributed by atoms with Gasteiger partial charge in [-0.25, -0.2) is 9.69 Å². The van der Waals surface area contributed by atoms with Gasteiger partial charge in [-0.15, -0.1) is 0 Å². The van der Waals surface area contributed by atoms with Crippen LogP contribution in [0.3, 0.4) is 0 Å². The number of aliphatic hydroxyl groups is 1. The van der Waals surface area contributed by atoms with Crippen LogP contribution in [-0.4, -0.2) is 40.4 Å². The summed E-state index contributed by atoms with van der Waals surface area (Å²) in [6.07, 6.45) is 7.93. The maximum absolute atomic E-state index is 13.6. The van der Waals surface area contributed by atoms with E-state index >= 15 is 0 Å². The standard InChI is InChI=1S/C35H43NO6/c1-24-16-15-19-28(22-24)29-23-31(41-30(29)20-13-8-6-4-5-7-9-14-21-37)32(38)25(2)34(39)36-26(3)33(42-35(36)40)27-17-11-10-12-18-27/h10-12,15-19,22-23,25-26,33,37H,4-9,13-14,20-21H2,1-3H3/t25-,26-,33-/m1/s1. The minimum absolute atomic E-state index is 0.131. The number of furan rings is 1. The van der Waals surface area contributed by atoms with Crippen molar-refractivity contribution in [1.29, 1.82) is 0 Å². The topological polar surface area (TPSA) is 97.1 Å². The van der Waals surface area contributed by atoms with Crippen LogP contribution in [0.2, 0.25) is 0 Å². The first kappa shape index (κ1) is 31.2. The van der Waals surface area contributed by atoms with Crippen molar-refractivity contribution < 1.29 is 28.6 Å². The third-order valence-electron chi connectivity index (χ3n) is 8.09. The molecule has 3 atom stereocenters. The maximum Gasteiger partial charge on any atom is 0.417 e. The lowest BCUT2D eigenvalue weighted by Crippen LogP contribution is -2.43. The minimum Gasteiger partial charge on any atom is -0.457 e. The van der Waals surface area contributed by atoms with E-state index in [-0.39, 0.29) is 12.4 Å². The van der Waals surface area contributed by atoms with E-state index in [0.717, 1.165) is 71.4 Å². The second kappa shape index (κ2) is 15.0. The van der Waals surface area contributed by atoms with E-state index in [1.54, 1.807) is 13.0 Å². The summed E-state index contributed by atoms with van der Waals surface area (Å²) < 4.78 is 11.7. The van der Waals surface area contributed by atoms with Crippen molar-refractivity contribution in [2.75, 3.05) is 6.61 Å². The molecule has 0 aliphatic carbocycles. The summed E-state index contributed by atoms with van der Waals surface area (Å²) in [5.74, 6) is -1.28. The van der Waals surface area contributed by atoms with Gasteiger partial charge in [-0.2, -0.15) is 0 Å². The number of hydrogen-bond donors (Lipinski definition) is 1. The van der Waals surface area contributed by atoms with Crippen molar-refractivity contribution >= 4 is 17.8 Å². The molecule has 1 N–H and O–H groups in total. The summed E-state index contributed by atoms with van der Waals surface area (Å²) in [7, 11) is 0. The van der Waals surface area contributed by atoms with Crippen molar-refractivity contribution in [2.24, 2.45) is 5.92 Å². The molecule has 2 aromatic carbocycles. The quantitative estimate of drug-likeness (QED) is 0.113. The van der Waals surface area contributed by atoms with Crippen LogP contribution in [0.25, 0.3) is 11.1 Å². The second-order valence-corrected chi connectivity index (χ2v) is 11.4. The van der Waals surface area contributed by atoms with E-state index in [1.165, 1.54) is 19.8 Å². The molecule has 7 nitrogen and oxygen atoms in total. The first-order valence-corrected chi connectivity index (χ1v) is 15.2. The molecule has 1 aromatic heterocycles. The fourth-order valence-corrected chi connectivity index (χ4v) is 5.63. The van der Waals surface area contributed by atoms with Gasteiger partial charge in [-0.3, -0.25) is 9.59 Å². The van der Waals surface area contributed by atoms with Crippen LogP contribution in [0.15, 0.2) is 65.1 Å². The highest BCUT2D eigenvalue weighted by Crippen LogP contribution is 2.35. The molecule has 7 heteroatoms. The number of rotatable bonds is 15. The molecule has 1 aliphatic rings. The Bertz CT molecular complexity index is 1350. The monoisotopic (exact) mass is 573 g/mol. The van der Waals surface area contributed by atoms with Crippen LogP contribution in [0.4, 0.5) is 4.79 Å². The zero-order chi connectivity index (χ0) is 30.1. The largest absolute Gasteiger partial charge is 0.457 e. The fraction of sp³-hybridized carbons (Fsp3) is 0.457. The van der Waals surface area contributed by atoms with E-state index in [1.807, 2.05) is 55.5 Å². The Morgan fingerprint density at radius 1 is 0.905 bits per heavy atom. The van der Waals surface area contributed by atoms with Gasteiger partial charge in [0.15, 0.2) is 5.76 Å². The van der Waals surface area contributed by atoms with E-state index in [0.29, 0.717) is 6.42 Å². The number of ether oxygens (including phenoxy) is 1. The molecular formula is C35H43NO6. The van der Waals surface area contributed by atoms with Gasteiger partial charge in [0.1, 0.15) is 17.8 Å². The van der Waals surface area contributed by atoms with E-state index < -0.39 is 35.8 Å². The van der Waals surface area contributed by atoms with Gasteiger partial charge in [0.2, 0.25) is 11.7 Å². The molecular weight excluding hydrogens is 530 g/mol. The molecule has 2 amide bonds. The highest BCUT2D eigenvalue weighted by Gasteiger charge is 2.46. The van der Waals surface area contributed by atoms with E-state index in [9.17, 15) is 14.4 Å². The number of carbonyl (C=O) groups is 3. The van der Waals surface area contributed by atoms with E-state index in [2.05, 4.69) is 6.07 Å². The zero-order valence-corrected chi connectivity index (χ0v) is 25.0. The number of cyclic esters (lactones) is 1. The Labute approximate surface area is 248 Å². The summed E-state index contributed by atoms with van der Waals surface area (Å²) in [6.45, 7) is 5.57. The number of carbonyl (C=O) groups excluding carboxylic acids is 3. The lowest BCUT2D eigenvalue weighted by Gasteiger charge is -2.21. The molecule has 2 heterocycles. The van der Waals surface area contributed by atoms with Crippen molar-refractivity contribution in [1.82, 2.24) is 4.90 Å². The average molecular weight is 574 g/mol. The number of amides is 2. The molecule has 224 valence electrons. The molecule has 1 aliphatic heterocycles. The SMILES string of the molecule is Cc1cccc(-c2cc(C(=O)[C@@H](C)C(=O)N3C(=O)O[C@@H](c4ccccc4)[C@H]3C)oc2CCCCCCCCCCO)c1. The number of benzene rings is 2. The number of nitrogens with zero attached hydrogens (tertiary/aromatic N) is 1. The Morgan fingerprint density at radius 2 is 1.57 bits per heavy atom. The predicted octanol–water partition coefficient (Wildman–Crippen LogP) is 7.84. The van der Waals surface area contributed by atoms with Crippen LogP contribution in [0.1, 0.15) is 98.8 Å². The van der Waals surface area contributed by atoms with Crippen molar-refractivity contribution in [3.63, 3.8) is 0 Å². The lowest BCUT2D eigenvalue weighted by molar-refractivity contribution is -0.131. The number of unbranched alkanes of at least 4 members (excludes halogenated alkanes) is 7. The van der Waals surface area contributed by atoms with Crippen LogP contribution < -0.4 is 0 Å². The minimum atomic E-state index is -1.11. The number of hydrogen-bond acceptors (Lipinski definition) is 6. The van der Waals surface area contributed by atoms with Crippen molar-refractivity contribution in [3.8, 4) is 11.1 Å². The number of aliphatic hydroxyl groups excluding tert-OH is 1. The average Bonchev–Trinajstić information content (AvgIpc) is 3.55. The van der Waals surface area contributed by atoms with Crippen LogP contribution >= 0.6 is 0 Å². The normalized spacial score (nSPS) is 17.3. The molecule has 1 saturated heterocycles. The second-order valence-electron chi connectivity index (χ2n) is 11.4. The summed E-state index contributed by atoms with van der Waals surface area (Å²) >= 11 is 0. The Kier molecular flexibility index (Phi) is 11.1. The molecule has 0 saturated carbocycles. The molecule has 0 bridgehead atoms. The van der Waals surface area contributed by atoms with Gasteiger partial charge in [-0.1, -0.05) is 98.7 Å². The summed E-state index contributed by atoms with van der Waals surface area (Å²) in [6, 6.07) is 18.6. The summed E-state index contributed by atoms with van der Waals surface area (Å²) in [4.78, 5) is 40.9. The lowest BCUT2D eigenvalue weighted by atomic mass is 9.98. The molecule has 1 fully saturated rings. The number of imide groups is 1.